The van der Waals surface area contributed by atoms with Gasteiger partial charge in [0.15, 0.2) is 17.7 Å². The van der Waals surface area contributed by atoms with Crippen molar-refractivity contribution in [1.29, 1.82) is 10.5 Å². The van der Waals surface area contributed by atoms with Crippen molar-refractivity contribution in [2.75, 3.05) is 6.54 Å². The first-order valence-corrected chi connectivity index (χ1v) is 8.24. The average Bonchev–Trinajstić information content (AvgIpc) is 2.99. The van der Waals surface area contributed by atoms with Crippen molar-refractivity contribution in [2.24, 2.45) is 5.92 Å². The molecule has 3 rings (SSSR count). The van der Waals surface area contributed by atoms with Crippen LogP contribution >= 0.6 is 0 Å². The van der Waals surface area contributed by atoms with Gasteiger partial charge in [0.1, 0.15) is 23.8 Å². The molecule has 9 heteroatoms. The van der Waals surface area contributed by atoms with Crippen molar-refractivity contribution in [3.63, 3.8) is 0 Å². The van der Waals surface area contributed by atoms with Crippen LogP contribution in [-0.4, -0.2) is 46.8 Å². The maximum Gasteiger partial charge on any atom is 0.292 e. The fourth-order valence-electron chi connectivity index (χ4n) is 3.54. The molecule has 0 bridgehead atoms. The molecule has 2 aliphatic heterocycles. The summed E-state index contributed by atoms with van der Waals surface area (Å²) in [4.78, 5) is 14.3. The summed E-state index contributed by atoms with van der Waals surface area (Å²) >= 11 is 0. The number of carbonyl (C=O) groups is 1. The van der Waals surface area contributed by atoms with Gasteiger partial charge in [0, 0.05) is 12.1 Å². The fraction of sp³-hybridized carbons (Fsp3) is 0.389. The minimum absolute atomic E-state index is 0.0920. The summed E-state index contributed by atoms with van der Waals surface area (Å²) < 4.78 is 32.8. The molecule has 2 aliphatic rings. The molecular formula is C18H16F2N4O3. The van der Waals surface area contributed by atoms with Crippen LogP contribution in [-0.2, 0) is 4.74 Å². The molecule has 4 unspecified atom stereocenters. The number of likely N-dealkylation sites (N-methyl/N-ethyl adjacent to an activating group) is 1. The third kappa shape index (κ3) is 2.81. The Hall–Kier alpha value is -3.01. The van der Waals surface area contributed by atoms with Crippen LogP contribution in [0.25, 0.3) is 0 Å². The number of nitrogens with zero attached hydrogens (tertiary/aromatic N) is 3. The second kappa shape index (κ2) is 6.95. The third-order valence-corrected chi connectivity index (χ3v) is 4.78. The van der Waals surface area contributed by atoms with E-state index >= 15 is 0 Å². The maximum atomic E-state index is 13.8. The van der Waals surface area contributed by atoms with Crippen molar-refractivity contribution in [2.45, 2.75) is 31.4 Å². The predicted molar refractivity (Wildman–Crippen MR) is 87.6 cm³/mol. The third-order valence-electron chi connectivity index (χ3n) is 4.78. The Bertz CT molecular complexity index is 862. The topological polar surface area (TPSA) is 109 Å². The SMILES string of the molecule is CCN1C(C#N)=C(C#N)NC2C1OC(O)(C(F)F)C2C(=O)c1ccccc1. The van der Waals surface area contributed by atoms with E-state index in [0.717, 1.165) is 0 Å². The van der Waals surface area contributed by atoms with Gasteiger partial charge in [0.25, 0.3) is 6.43 Å². The van der Waals surface area contributed by atoms with Crippen LogP contribution < -0.4 is 5.32 Å². The molecule has 4 atom stereocenters. The number of hydrogen-bond acceptors (Lipinski definition) is 7. The van der Waals surface area contributed by atoms with Gasteiger partial charge in [0.2, 0.25) is 5.79 Å². The van der Waals surface area contributed by atoms with E-state index in [1.807, 2.05) is 6.07 Å². The minimum Gasteiger partial charge on any atom is -0.366 e. The van der Waals surface area contributed by atoms with Crippen LogP contribution in [0, 0.1) is 28.6 Å². The number of rotatable bonds is 4. The Morgan fingerprint density at radius 2 is 2.04 bits per heavy atom. The minimum atomic E-state index is -3.38. The van der Waals surface area contributed by atoms with E-state index in [1.54, 1.807) is 31.2 Å². The largest absolute Gasteiger partial charge is 0.366 e. The van der Waals surface area contributed by atoms with Crippen molar-refractivity contribution in [3.05, 3.63) is 47.3 Å². The van der Waals surface area contributed by atoms with E-state index < -0.39 is 36.2 Å². The number of alkyl halides is 2. The number of benzene rings is 1. The van der Waals surface area contributed by atoms with Crippen molar-refractivity contribution in [3.8, 4) is 12.1 Å². The normalized spacial score (nSPS) is 29.7. The number of carbonyl (C=O) groups excluding carboxylic acids is 1. The lowest BCUT2D eigenvalue weighted by molar-refractivity contribution is -0.281. The number of ether oxygens (including phenoxy) is 1. The highest BCUT2D eigenvalue weighted by Gasteiger charge is 2.65. The fourth-order valence-corrected chi connectivity index (χ4v) is 3.54. The van der Waals surface area contributed by atoms with E-state index in [9.17, 15) is 29.2 Å². The van der Waals surface area contributed by atoms with Crippen LogP contribution in [0.1, 0.15) is 17.3 Å². The Kier molecular flexibility index (Phi) is 4.83. The quantitative estimate of drug-likeness (QED) is 0.766. The molecule has 0 spiro atoms. The van der Waals surface area contributed by atoms with Crippen molar-refractivity contribution in [1.82, 2.24) is 10.2 Å². The van der Waals surface area contributed by atoms with Gasteiger partial charge in [-0.2, -0.15) is 10.5 Å². The van der Waals surface area contributed by atoms with Gasteiger partial charge in [-0.05, 0) is 6.92 Å². The monoisotopic (exact) mass is 374 g/mol. The van der Waals surface area contributed by atoms with Gasteiger partial charge in [-0.25, -0.2) is 8.78 Å². The Balaban J connectivity index is 2.11. The number of ketones is 1. The molecule has 0 aromatic heterocycles. The number of hydrogen-bond donors (Lipinski definition) is 2. The molecule has 0 radical (unpaired) electrons. The van der Waals surface area contributed by atoms with Gasteiger partial charge in [-0.3, -0.25) is 4.79 Å². The Morgan fingerprint density at radius 1 is 1.37 bits per heavy atom. The van der Waals surface area contributed by atoms with Gasteiger partial charge < -0.3 is 20.1 Å². The number of Topliss-reactive ketones (excluding diaryl/α,β-unsaturated/α-hetero) is 1. The van der Waals surface area contributed by atoms with Crippen LogP contribution in [0.5, 0.6) is 0 Å². The zero-order valence-corrected chi connectivity index (χ0v) is 14.3. The highest BCUT2D eigenvalue weighted by Crippen LogP contribution is 2.44. The van der Waals surface area contributed by atoms with Gasteiger partial charge >= 0.3 is 0 Å². The highest BCUT2D eigenvalue weighted by atomic mass is 19.3. The molecule has 1 aromatic carbocycles. The number of fused-ring (bicyclic) bond motifs is 1. The number of nitriles is 2. The first kappa shape index (κ1) is 18.8. The van der Waals surface area contributed by atoms with Crippen LogP contribution in [0.15, 0.2) is 41.7 Å². The summed E-state index contributed by atoms with van der Waals surface area (Å²) in [5, 5.41) is 31.9. The molecule has 2 heterocycles. The van der Waals surface area contributed by atoms with Gasteiger partial charge in [-0.1, -0.05) is 30.3 Å². The molecule has 0 amide bonds. The van der Waals surface area contributed by atoms with Crippen LogP contribution in [0.4, 0.5) is 8.78 Å². The second-order valence-corrected chi connectivity index (χ2v) is 6.17. The average molecular weight is 374 g/mol. The number of halogens is 2. The Morgan fingerprint density at radius 3 is 2.56 bits per heavy atom. The second-order valence-electron chi connectivity index (χ2n) is 6.17. The first-order valence-electron chi connectivity index (χ1n) is 8.24. The zero-order valence-electron chi connectivity index (χ0n) is 14.3. The van der Waals surface area contributed by atoms with Crippen molar-refractivity contribution < 1.29 is 23.4 Å². The molecule has 1 aromatic rings. The number of allylic oxidation sites excluding steroid dienone is 2. The molecule has 140 valence electrons. The summed E-state index contributed by atoms with van der Waals surface area (Å²) in [6, 6.07) is 10.2. The van der Waals surface area contributed by atoms with E-state index in [2.05, 4.69) is 5.32 Å². The molecular weight excluding hydrogens is 358 g/mol. The molecule has 0 aliphatic carbocycles. The maximum absolute atomic E-state index is 13.8. The van der Waals surface area contributed by atoms with E-state index in [-0.39, 0.29) is 23.5 Å². The van der Waals surface area contributed by atoms with E-state index in [4.69, 9.17) is 4.74 Å². The van der Waals surface area contributed by atoms with Crippen LogP contribution in [0.2, 0.25) is 0 Å². The van der Waals surface area contributed by atoms with E-state index in [0.29, 0.717) is 0 Å². The molecule has 1 fully saturated rings. The number of aliphatic hydroxyl groups is 1. The molecule has 0 saturated carbocycles. The lowest BCUT2D eigenvalue weighted by Gasteiger charge is -2.37. The van der Waals surface area contributed by atoms with E-state index in [1.165, 1.54) is 17.0 Å². The predicted octanol–water partition coefficient (Wildman–Crippen LogP) is 1.35. The standard InChI is InChI=1S/C18H16F2N4O3/c1-2-24-12(9-22)11(8-21)23-14-13(15(25)10-6-4-3-5-7-10)18(26,17(19)20)27-16(14)24/h3-7,13-14,16-17,23,26H,2H2,1H3. The number of nitrogens with one attached hydrogen (secondary N) is 1. The lowest BCUT2D eigenvalue weighted by atomic mass is 9.84. The zero-order chi connectivity index (χ0) is 19.8. The van der Waals surface area contributed by atoms with Crippen molar-refractivity contribution >= 4 is 5.78 Å². The first-order chi connectivity index (χ1) is 12.9. The summed E-state index contributed by atoms with van der Waals surface area (Å²) in [5.41, 5.74) is -0.122. The smallest absolute Gasteiger partial charge is 0.292 e. The summed E-state index contributed by atoms with van der Waals surface area (Å²) in [6.07, 6.45) is -4.59. The summed E-state index contributed by atoms with van der Waals surface area (Å²) in [6.45, 7) is 1.80. The molecule has 1 saturated heterocycles. The molecule has 2 N–H and O–H groups in total. The van der Waals surface area contributed by atoms with Crippen LogP contribution in [0.3, 0.4) is 0 Å². The molecule has 7 nitrogen and oxygen atoms in total. The highest BCUT2D eigenvalue weighted by molar-refractivity contribution is 5.99. The Labute approximate surface area is 154 Å². The van der Waals surface area contributed by atoms with Gasteiger partial charge in [-0.15, -0.1) is 0 Å². The summed E-state index contributed by atoms with van der Waals surface area (Å²) in [5.74, 6) is -5.48. The lowest BCUT2D eigenvalue weighted by Crippen LogP contribution is -2.56. The summed E-state index contributed by atoms with van der Waals surface area (Å²) in [7, 11) is 0. The molecule has 27 heavy (non-hydrogen) atoms. The van der Waals surface area contributed by atoms with Gasteiger partial charge in [0.05, 0.1) is 6.04 Å².